The van der Waals surface area contributed by atoms with Gasteiger partial charge in [0.1, 0.15) is 0 Å². The molecule has 0 spiro atoms. The minimum Gasteiger partial charge on any atom is -0.307 e. The molecule has 0 aliphatic carbocycles. The highest BCUT2D eigenvalue weighted by atomic mass is 32.1. The minimum absolute atomic E-state index is 0.766. The van der Waals surface area contributed by atoms with Gasteiger partial charge in [0.25, 0.3) is 0 Å². The largest absolute Gasteiger partial charge is 0.307 e. The maximum absolute atomic E-state index is 5.33. The summed E-state index contributed by atoms with van der Waals surface area (Å²) in [6.45, 7) is 0. The molecule has 0 saturated carbocycles. The van der Waals surface area contributed by atoms with Gasteiger partial charge < -0.3 is 4.40 Å². The van der Waals surface area contributed by atoms with Crippen LogP contribution in [-0.4, -0.2) is 10.1 Å². The normalized spacial score (nSPS) is 14.0. The van der Waals surface area contributed by atoms with E-state index in [1.165, 1.54) is 85.7 Å². The number of aliphatic imine (C=N–C) groups is 1. The van der Waals surface area contributed by atoms with Crippen molar-refractivity contribution in [2.24, 2.45) is 4.99 Å². The average molecular weight is 641 g/mol. The molecule has 4 heterocycles. The lowest BCUT2D eigenvalue weighted by Gasteiger charge is -2.07. The Kier molecular flexibility index (Phi) is 5.63. The molecule has 49 heavy (non-hydrogen) atoms. The number of nitrogens with zero attached hydrogens (tertiary/aromatic N) is 2. The number of hydrogen-bond donors (Lipinski definition) is 0. The second kappa shape index (κ2) is 10.2. The summed E-state index contributed by atoms with van der Waals surface area (Å²) in [5.74, 6) is 0. The molecule has 0 atom stereocenters. The molecular formula is C46H28N2S. The number of thiophene rings is 1. The summed E-state index contributed by atoms with van der Waals surface area (Å²) >= 11 is 1.90. The molecule has 3 heteroatoms. The molecule has 7 aromatic carbocycles. The van der Waals surface area contributed by atoms with Crippen LogP contribution in [0.5, 0.6) is 0 Å². The third-order valence-electron chi connectivity index (χ3n) is 10.4. The standard InChI is InChI=1S/C46H28N2S/c1-3-10-28(11-4-1)30-19-25-40(47-41(26-30)29-12-5-2-6-13-29)31-18-20-33-38-23-22-37-39(46(38)49-43(33)27-31)24-21-36-35-16-9-15-34-32-14-7-8-17-42(32)48(44(34)35)45(36)37/h1-24,26-27H,25H2. The van der Waals surface area contributed by atoms with E-state index in [-0.39, 0.29) is 0 Å². The summed E-state index contributed by atoms with van der Waals surface area (Å²) in [5.41, 5.74) is 10.7. The lowest BCUT2D eigenvalue weighted by molar-refractivity contribution is 1.38. The zero-order valence-electron chi connectivity index (χ0n) is 26.5. The molecule has 10 aromatic rings. The van der Waals surface area contributed by atoms with E-state index in [1.54, 1.807) is 0 Å². The van der Waals surface area contributed by atoms with Gasteiger partial charge in [-0.25, -0.2) is 0 Å². The summed E-state index contributed by atoms with van der Waals surface area (Å²) in [5, 5.41) is 10.5. The van der Waals surface area contributed by atoms with Crippen LogP contribution in [-0.2, 0) is 0 Å². The molecule has 0 amide bonds. The van der Waals surface area contributed by atoms with E-state index in [2.05, 4.69) is 162 Å². The molecule has 0 radical (unpaired) electrons. The Morgan fingerprint density at radius 2 is 1.08 bits per heavy atom. The number of allylic oxidation sites excluding steroid dienone is 3. The molecule has 2 nitrogen and oxygen atoms in total. The van der Waals surface area contributed by atoms with E-state index in [0.29, 0.717) is 0 Å². The monoisotopic (exact) mass is 640 g/mol. The Balaban J connectivity index is 1.10. The zero-order chi connectivity index (χ0) is 32.1. The second-order valence-corrected chi connectivity index (χ2v) is 14.1. The van der Waals surface area contributed by atoms with Crippen molar-refractivity contribution >= 4 is 97.4 Å². The average Bonchev–Trinajstić information content (AvgIpc) is 3.76. The predicted molar refractivity (Wildman–Crippen MR) is 211 cm³/mol. The molecule has 0 bridgehead atoms. The smallest absolute Gasteiger partial charge is 0.0711 e. The molecule has 228 valence electrons. The topological polar surface area (TPSA) is 16.8 Å². The van der Waals surface area contributed by atoms with E-state index in [4.69, 9.17) is 4.99 Å². The third kappa shape index (κ3) is 3.91. The Morgan fingerprint density at radius 1 is 0.490 bits per heavy atom. The fourth-order valence-electron chi connectivity index (χ4n) is 8.14. The molecule has 0 fully saturated rings. The van der Waals surface area contributed by atoms with Crippen LogP contribution in [0, 0.1) is 0 Å². The van der Waals surface area contributed by atoms with Crippen molar-refractivity contribution in [2.75, 3.05) is 0 Å². The minimum atomic E-state index is 0.766. The molecule has 0 unspecified atom stereocenters. The number of rotatable bonds is 3. The Morgan fingerprint density at radius 3 is 1.88 bits per heavy atom. The van der Waals surface area contributed by atoms with E-state index in [9.17, 15) is 0 Å². The zero-order valence-corrected chi connectivity index (χ0v) is 27.3. The van der Waals surface area contributed by atoms with Crippen molar-refractivity contribution in [3.63, 3.8) is 0 Å². The maximum Gasteiger partial charge on any atom is 0.0711 e. The second-order valence-electron chi connectivity index (χ2n) is 13.1. The van der Waals surface area contributed by atoms with Crippen molar-refractivity contribution in [1.29, 1.82) is 0 Å². The van der Waals surface area contributed by atoms with Crippen LogP contribution in [0.25, 0.3) is 80.3 Å². The molecule has 11 rings (SSSR count). The maximum atomic E-state index is 5.33. The lowest BCUT2D eigenvalue weighted by Crippen LogP contribution is -1.99. The van der Waals surface area contributed by atoms with Crippen LogP contribution < -0.4 is 0 Å². The Labute approximate surface area is 286 Å². The fourth-order valence-corrected chi connectivity index (χ4v) is 9.41. The van der Waals surface area contributed by atoms with Crippen molar-refractivity contribution in [3.05, 3.63) is 174 Å². The van der Waals surface area contributed by atoms with Crippen LogP contribution >= 0.6 is 11.3 Å². The number of para-hydroxylation sites is 2. The SMILES string of the molecule is C1=C(c2ccccc2)C=C(c2ccccc2)N=C(c2ccc3c(c2)sc2c3ccc3c2ccc2c4cccc5c6ccccc6n(c32)c54)C1. The molecule has 1 aliphatic rings. The van der Waals surface area contributed by atoms with Gasteiger partial charge in [-0.05, 0) is 34.9 Å². The highest BCUT2D eigenvalue weighted by molar-refractivity contribution is 7.26. The van der Waals surface area contributed by atoms with Gasteiger partial charge in [-0.2, -0.15) is 0 Å². The molecule has 3 aromatic heterocycles. The molecule has 0 saturated heterocycles. The van der Waals surface area contributed by atoms with Crippen LogP contribution in [0.15, 0.2) is 163 Å². The first-order chi connectivity index (χ1) is 24.3. The van der Waals surface area contributed by atoms with E-state index in [1.807, 2.05) is 11.3 Å². The summed E-state index contributed by atoms with van der Waals surface area (Å²) in [7, 11) is 0. The van der Waals surface area contributed by atoms with E-state index >= 15 is 0 Å². The summed E-state index contributed by atoms with van der Waals surface area (Å²) < 4.78 is 5.14. The quantitative estimate of drug-likeness (QED) is 0.183. The molecular weight excluding hydrogens is 613 g/mol. The molecule has 0 N–H and O–H groups in total. The Hall–Kier alpha value is -6.03. The van der Waals surface area contributed by atoms with Gasteiger partial charge >= 0.3 is 0 Å². The van der Waals surface area contributed by atoms with E-state index in [0.717, 1.165) is 23.4 Å². The number of fused-ring (bicyclic) bond motifs is 12. The molecule has 1 aliphatic heterocycles. The highest BCUT2D eigenvalue weighted by Gasteiger charge is 2.20. The lowest BCUT2D eigenvalue weighted by atomic mass is 10.00. The van der Waals surface area contributed by atoms with Gasteiger partial charge in [0.2, 0.25) is 0 Å². The van der Waals surface area contributed by atoms with Crippen molar-refractivity contribution in [2.45, 2.75) is 6.42 Å². The fraction of sp³-hybridized carbons (Fsp3) is 0.0217. The Bertz CT molecular complexity index is 3050. The van der Waals surface area contributed by atoms with Gasteiger partial charge in [-0.3, -0.25) is 4.99 Å². The first-order valence-electron chi connectivity index (χ1n) is 16.9. The van der Waals surface area contributed by atoms with Crippen LogP contribution in [0.4, 0.5) is 0 Å². The summed E-state index contributed by atoms with van der Waals surface area (Å²) in [6, 6.07) is 53.1. The number of benzene rings is 7. The van der Waals surface area contributed by atoms with Crippen molar-refractivity contribution in [1.82, 2.24) is 4.40 Å². The predicted octanol–water partition coefficient (Wildman–Crippen LogP) is 12.7. The first-order valence-corrected chi connectivity index (χ1v) is 17.7. The van der Waals surface area contributed by atoms with E-state index < -0.39 is 0 Å². The van der Waals surface area contributed by atoms with Crippen LogP contribution in [0.2, 0.25) is 0 Å². The van der Waals surface area contributed by atoms with Gasteiger partial charge in [0.05, 0.1) is 28.0 Å². The summed E-state index contributed by atoms with van der Waals surface area (Å²) in [4.78, 5) is 5.33. The van der Waals surface area contributed by atoms with Gasteiger partial charge in [0, 0.05) is 64.5 Å². The van der Waals surface area contributed by atoms with Crippen LogP contribution in [0.3, 0.4) is 0 Å². The first kappa shape index (κ1) is 27.0. The third-order valence-corrected chi connectivity index (χ3v) is 11.6. The number of hydrogen-bond acceptors (Lipinski definition) is 2. The van der Waals surface area contributed by atoms with Crippen molar-refractivity contribution in [3.8, 4) is 0 Å². The highest BCUT2D eigenvalue weighted by Crippen LogP contribution is 2.45. The van der Waals surface area contributed by atoms with Crippen LogP contribution in [0.1, 0.15) is 23.1 Å². The van der Waals surface area contributed by atoms with Gasteiger partial charge in [-0.15, -0.1) is 11.3 Å². The number of aromatic nitrogens is 1. The van der Waals surface area contributed by atoms with Gasteiger partial charge in [0.15, 0.2) is 0 Å². The summed E-state index contributed by atoms with van der Waals surface area (Å²) in [6.07, 6.45) is 5.33. The van der Waals surface area contributed by atoms with Gasteiger partial charge in [-0.1, -0.05) is 140 Å². The van der Waals surface area contributed by atoms with Crippen molar-refractivity contribution < 1.29 is 0 Å².